The van der Waals surface area contributed by atoms with Gasteiger partial charge in [-0.15, -0.1) is 11.3 Å². The molecular formula is C20H18F3N5O4S. The standard InChI is InChI=1S/C20H18F3N5O4S/c21-20(22,23)15-9-19(17(29)30,25-10-12-2-1-3-14(8-12)28(31)32)5-6-27(15)18-24-11-13-4-7-33-16(13)26-18/h1-4,7-8,11,15,25H,5-6,9-10H2,(H,29,30). The second-order valence-electron chi connectivity index (χ2n) is 7.72. The number of anilines is 1. The fourth-order valence-electron chi connectivity index (χ4n) is 3.91. The molecule has 2 atom stereocenters. The van der Waals surface area contributed by atoms with E-state index in [1.54, 1.807) is 11.4 Å². The molecule has 0 radical (unpaired) electrons. The number of carboxylic acids is 1. The number of carbonyl (C=O) groups is 1. The number of hydrogen-bond acceptors (Lipinski definition) is 8. The number of non-ortho nitro benzene ring substituents is 1. The van der Waals surface area contributed by atoms with Crippen LogP contribution in [0.5, 0.6) is 0 Å². The van der Waals surface area contributed by atoms with Crippen molar-refractivity contribution in [3.05, 3.63) is 57.6 Å². The third-order valence-corrected chi connectivity index (χ3v) is 6.51. The first-order chi connectivity index (χ1) is 15.6. The van der Waals surface area contributed by atoms with Gasteiger partial charge in [-0.1, -0.05) is 12.1 Å². The number of nitro benzene ring substituents is 1. The molecule has 1 saturated heterocycles. The van der Waals surface area contributed by atoms with Gasteiger partial charge in [0.15, 0.2) is 0 Å². The third-order valence-electron chi connectivity index (χ3n) is 5.69. The van der Waals surface area contributed by atoms with Crippen molar-refractivity contribution in [1.29, 1.82) is 0 Å². The Bertz CT molecular complexity index is 1200. The van der Waals surface area contributed by atoms with Crippen molar-refractivity contribution in [2.24, 2.45) is 0 Å². The summed E-state index contributed by atoms with van der Waals surface area (Å²) in [6.45, 7) is -0.383. The molecule has 0 spiro atoms. The Labute approximate surface area is 189 Å². The lowest BCUT2D eigenvalue weighted by atomic mass is 9.82. The van der Waals surface area contributed by atoms with Crippen molar-refractivity contribution in [1.82, 2.24) is 15.3 Å². The molecule has 2 N–H and O–H groups in total. The van der Waals surface area contributed by atoms with Gasteiger partial charge in [0.25, 0.3) is 5.69 Å². The Hall–Kier alpha value is -3.32. The highest BCUT2D eigenvalue weighted by atomic mass is 32.1. The number of nitrogens with zero attached hydrogens (tertiary/aromatic N) is 4. The zero-order chi connectivity index (χ0) is 23.8. The van der Waals surface area contributed by atoms with E-state index in [1.807, 2.05) is 0 Å². The van der Waals surface area contributed by atoms with Crippen molar-refractivity contribution < 1.29 is 28.0 Å². The molecule has 1 aliphatic rings. The quantitative estimate of drug-likeness (QED) is 0.403. The van der Waals surface area contributed by atoms with Gasteiger partial charge in [-0.25, -0.2) is 9.97 Å². The molecule has 0 amide bonds. The predicted molar refractivity (Wildman–Crippen MR) is 114 cm³/mol. The van der Waals surface area contributed by atoms with Crippen molar-refractivity contribution in [3.63, 3.8) is 0 Å². The van der Waals surface area contributed by atoms with Crippen LogP contribution in [0.2, 0.25) is 0 Å². The summed E-state index contributed by atoms with van der Waals surface area (Å²) < 4.78 is 42.2. The first-order valence-corrected chi connectivity index (χ1v) is 10.7. The number of carboxylic acid groups (broad SMARTS) is 1. The summed E-state index contributed by atoms with van der Waals surface area (Å²) >= 11 is 1.27. The number of rotatable bonds is 6. The van der Waals surface area contributed by atoms with E-state index in [1.165, 1.54) is 41.8 Å². The lowest BCUT2D eigenvalue weighted by Crippen LogP contribution is -2.64. The summed E-state index contributed by atoms with van der Waals surface area (Å²) in [4.78, 5) is 32.4. The van der Waals surface area contributed by atoms with Crippen molar-refractivity contribution in [3.8, 4) is 0 Å². The topological polar surface area (TPSA) is 121 Å². The molecule has 1 aromatic carbocycles. The highest BCUT2D eigenvalue weighted by Crippen LogP contribution is 2.39. The van der Waals surface area contributed by atoms with E-state index in [0.29, 0.717) is 15.8 Å². The summed E-state index contributed by atoms with van der Waals surface area (Å²) in [5.41, 5.74) is -1.68. The van der Waals surface area contributed by atoms with Crippen LogP contribution < -0.4 is 10.2 Å². The first-order valence-electron chi connectivity index (χ1n) is 9.84. The second-order valence-corrected chi connectivity index (χ2v) is 8.62. The molecule has 2 aromatic heterocycles. The van der Waals surface area contributed by atoms with Gasteiger partial charge in [0.05, 0.1) is 4.92 Å². The van der Waals surface area contributed by atoms with Crippen LogP contribution >= 0.6 is 11.3 Å². The second kappa shape index (κ2) is 8.56. The molecule has 0 bridgehead atoms. The minimum absolute atomic E-state index is 0.107. The van der Waals surface area contributed by atoms with Crippen molar-refractivity contribution in [2.45, 2.75) is 37.1 Å². The molecule has 1 aliphatic heterocycles. The third kappa shape index (κ3) is 4.59. The molecule has 9 nitrogen and oxygen atoms in total. The van der Waals surface area contributed by atoms with E-state index in [-0.39, 0.29) is 31.1 Å². The molecule has 2 unspecified atom stereocenters. The fraction of sp³-hybridized carbons (Fsp3) is 0.350. The van der Waals surface area contributed by atoms with Crippen LogP contribution in [0.4, 0.5) is 24.8 Å². The number of fused-ring (bicyclic) bond motifs is 1. The Kier molecular flexibility index (Phi) is 5.93. The SMILES string of the molecule is O=C(O)C1(NCc2cccc([N+](=O)[O-])c2)CCN(c2ncc3ccsc3n2)C(C(F)(F)F)C1. The van der Waals surface area contributed by atoms with Crippen LogP contribution in [0.1, 0.15) is 18.4 Å². The summed E-state index contributed by atoms with van der Waals surface area (Å²) in [6, 6.07) is 5.13. The Morgan fingerprint density at radius 3 is 2.88 bits per heavy atom. The molecule has 174 valence electrons. The average Bonchev–Trinajstić information content (AvgIpc) is 3.25. The summed E-state index contributed by atoms with van der Waals surface area (Å²) in [5, 5.41) is 26.0. The van der Waals surface area contributed by atoms with Gasteiger partial charge in [0.1, 0.15) is 16.4 Å². The van der Waals surface area contributed by atoms with Gasteiger partial charge in [-0.3, -0.25) is 20.2 Å². The maximum absolute atomic E-state index is 14.1. The van der Waals surface area contributed by atoms with Crippen LogP contribution in [0.25, 0.3) is 10.2 Å². The Morgan fingerprint density at radius 2 is 2.18 bits per heavy atom. The lowest BCUT2D eigenvalue weighted by Gasteiger charge is -2.45. The smallest absolute Gasteiger partial charge is 0.408 e. The minimum atomic E-state index is -4.73. The Balaban J connectivity index is 1.61. The average molecular weight is 481 g/mol. The van der Waals surface area contributed by atoms with Gasteiger partial charge < -0.3 is 10.0 Å². The molecule has 0 saturated carbocycles. The van der Waals surface area contributed by atoms with Crippen molar-refractivity contribution in [2.75, 3.05) is 11.4 Å². The van der Waals surface area contributed by atoms with Gasteiger partial charge in [-0.05, 0) is 23.4 Å². The highest BCUT2D eigenvalue weighted by Gasteiger charge is 2.55. The largest absolute Gasteiger partial charge is 0.480 e. The zero-order valence-corrected chi connectivity index (χ0v) is 17.8. The first kappa shape index (κ1) is 22.9. The van der Waals surface area contributed by atoms with Gasteiger partial charge in [0.2, 0.25) is 5.95 Å². The summed E-state index contributed by atoms with van der Waals surface area (Å²) in [7, 11) is 0. The van der Waals surface area contributed by atoms with Gasteiger partial charge in [-0.2, -0.15) is 13.2 Å². The highest BCUT2D eigenvalue weighted by molar-refractivity contribution is 7.16. The lowest BCUT2D eigenvalue weighted by molar-refractivity contribution is -0.384. The fourth-order valence-corrected chi connectivity index (χ4v) is 4.64. The Morgan fingerprint density at radius 1 is 1.39 bits per heavy atom. The number of aromatic nitrogens is 2. The van der Waals surface area contributed by atoms with E-state index < -0.39 is 35.1 Å². The van der Waals surface area contributed by atoms with Crippen LogP contribution in [-0.4, -0.2) is 50.3 Å². The number of alkyl halides is 3. The molecule has 1 fully saturated rings. The molecule has 3 aromatic rings. The number of nitrogens with one attached hydrogen (secondary N) is 1. The summed E-state index contributed by atoms with van der Waals surface area (Å²) in [5.74, 6) is -1.53. The normalized spacial score (nSPS) is 21.3. The van der Waals surface area contributed by atoms with E-state index in [0.717, 1.165) is 4.90 Å². The molecule has 3 heterocycles. The maximum Gasteiger partial charge on any atom is 0.408 e. The van der Waals surface area contributed by atoms with Crippen molar-refractivity contribution >= 4 is 39.2 Å². The van der Waals surface area contributed by atoms with E-state index in [4.69, 9.17) is 0 Å². The minimum Gasteiger partial charge on any atom is -0.480 e. The summed E-state index contributed by atoms with van der Waals surface area (Å²) in [6.07, 6.45) is -4.20. The van der Waals surface area contributed by atoms with Crippen LogP contribution in [0.3, 0.4) is 0 Å². The molecular weight excluding hydrogens is 463 g/mol. The predicted octanol–water partition coefficient (Wildman–Crippen LogP) is 3.74. The van der Waals surface area contributed by atoms with E-state index in [9.17, 15) is 33.2 Å². The number of aliphatic carboxylic acids is 1. The number of benzene rings is 1. The van der Waals surface area contributed by atoms with Crippen LogP contribution in [0.15, 0.2) is 41.9 Å². The van der Waals surface area contributed by atoms with Crippen LogP contribution in [0, 0.1) is 10.1 Å². The molecule has 33 heavy (non-hydrogen) atoms. The molecule has 13 heteroatoms. The number of hydrogen-bond donors (Lipinski definition) is 2. The molecule has 4 rings (SSSR count). The maximum atomic E-state index is 14.1. The number of nitro groups is 1. The zero-order valence-electron chi connectivity index (χ0n) is 17.0. The van der Waals surface area contributed by atoms with Gasteiger partial charge >= 0.3 is 12.1 Å². The van der Waals surface area contributed by atoms with Crippen LogP contribution in [-0.2, 0) is 11.3 Å². The van der Waals surface area contributed by atoms with E-state index >= 15 is 0 Å². The van der Waals surface area contributed by atoms with Gasteiger partial charge in [0, 0.05) is 43.2 Å². The number of piperidine rings is 1. The number of halogens is 3. The van der Waals surface area contributed by atoms with E-state index in [2.05, 4.69) is 15.3 Å². The number of thiophene rings is 1. The molecule has 0 aliphatic carbocycles. The monoisotopic (exact) mass is 481 g/mol.